The van der Waals surface area contributed by atoms with Crippen molar-refractivity contribution in [3.05, 3.63) is 225 Å². The lowest BCUT2D eigenvalue weighted by atomic mass is 9.96. The van der Waals surface area contributed by atoms with E-state index in [1.165, 1.54) is 15.5 Å². The van der Waals surface area contributed by atoms with Crippen LogP contribution in [0, 0.1) is 0 Å². The van der Waals surface area contributed by atoms with Crippen LogP contribution in [0.1, 0.15) is 0 Å². The van der Waals surface area contributed by atoms with Gasteiger partial charge in [0, 0.05) is 65.2 Å². The van der Waals surface area contributed by atoms with Crippen LogP contribution >= 0.6 is 11.8 Å². The molecule has 0 amide bonds. The van der Waals surface area contributed by atoms with Gasteiger partial charge in [-0.05, 0) is 125 Å². The number of nitrogens with zero attached hydrogens (tertiary/aromatic N) is 5. The molecule has 5 aromatic heterocycles. The third-order valence-electron chi connectivity index (χ3n) is 13.9. The Labute approximate surface area is 405 Å². The van der Waals surface area contributed by atoms with Crippen LogP contribution in [0.5, 0.6) is 0 Å². The number of rotatable bonds is 6. The monoisotopic (exact) mass is 915 g/mol. The Morgan fingerprint density at radius 2 is 1.06 bits per heavy atom. The minimum Gasteiger partial charge on any atom is -0.464 e. The maximum Gasteiger partial charge on any atom is 0.235 e. The van der Waals surface area contributed by atoms with Gasteiger partial charge in [0.1, 0.15) is 11.2 Å². The number of fused-ring (bicyclic) bond motifs is 11. The van der Waals surface area contributed by atoms with Crippen LogP contribution in [0.15, 0.2) is 244 Å². The Bertz CT molecular complexity index is 4330. The van der Waals surface area contributed by atoms with Gasteiger partial charge in [0.25, 0.3) is 0 Å². The van der Waals surface area contributed by atoms with Gasteiger partial charge in [-0.2, -0.15) is 0 Å². The molecule has 9 aromatic carbocycles. The molecule has 328 valence electrons. The number of anilines is 3. The lowest BCUT2D eigenvalue weighted by molar-refractivity contribution is 0.615. The molecular formula is C62H37N5O2S. The SMILES string of the molecule is c1ccc(N2c3ccccc3Sc3cc(-c4ccnc(-n5c6ccccc6c6ccc7c8ccccc8n(-c8cc(-c9ccc%10occc%10c9)cc(-c9ccc%10ccoc%10c9)c8)c7c65)n4)ccc32)cc1. The summed E-state index contributed by atoms with van der Waals surface area (Å²) in [6.45, 7) is 0. The molecule has 0 unspecified atom stereocenters. The van der Waals surface area contributed by atoms with E-state index in [0.29, 0.717) is 5.95 Å². The van der Waals surface area contributed by atoms with Crippen molar-refractivity contribution in [2.45, 2.75) is 9.79 Å². The summed E-state index contributed by atoms with van der Waals surface area (Å²) >= 11 is 1.80. The number of aromatic nitrogens is 4. The average molecular weight is 916 g/mol. The normalized spacial score (nSPS) is 12.5. The highest BCUT2D eigenvalue weighted by atomic mass is 32.2. The first-order valence-electron chi connectivity index (χ1n) is 23.3. The zero-order valence-corrected chi connectivity index (χ0v) is 38.1. The molecule has 0 bridgehead atoms. The van der Waals surface area contributed by atoms with Crippen LogP contribution in [0.4, 0.5) is 17.1 Å². The number of benzene rings is 9. The summed E-state index contributed by atoms with van der Waals surface area (Å²) in [5.74, 6) is 0.601. The van der Waals surface area contributed by atoms with Crippen LogP contribution in [0.25, 0.3) is 111 Å². The lowest BCUT2D eigenvalue weighted by Crippen LogP contribution is -2.14. The molecule has 8 heteroatoms. The van der Waals surface area contributed by atoms with Crippen molar-refractivity contribution in [3.63, 3.8) is 0 Å². The van der Waals surface area contributed by atoms with Crippen LogP contribution in [-0.2, 0) is 0 Å². The van der Waals surface area contributed by atoms with Crippen molar-refractivity contribution < 1.29 is 8.83 Å². The van der Waals surface area contributed by atoms with Crippen molar-refractivity contribution in [2.75, 3.05) is 4.90 Å². The summed E-state index contributed by atoms with van der Waals surface area (Å²) < 4.78 is 16.4. The molecule has 0 radical (unpaired) electrons. The molecule has 1 aliphatic rings. The Hall–Kier alpha value is -9.11. The first kappa shape index (κ1) is 38.9. The molecule has 7 nitrogen and oxygen atoms in total. The third-order valence-corrected chi connectivity index (χ3v) is 15.0. The second kappa shape index (κ2) is 15.2. The predicted molar refractivity (Wildman–Crippen MR) is 285 cm³/mol. The summed E-state index contributed by atoms with van der Waals surface area (Å²) in [5.41, 5.74) is 16.6. The summed E-state index contributed by atoms with van der Waals surface area (Å²) in [6.07, 6.45) is 5.40. The number of furan rings is 2. The summed E-state index contributed by atoms with van der Waals surface area (Å²) in [4.78, 5) is 15.3. The molecule has 0 spiro atoms. The molecule has 14 aromatic rings. The fourth-order valence-electron chi connectivity index (χ4n) is 10.7. The van der Waals surface area contributed by atoms with Crippen molar-refractivity contribution >= 4 is 94.4 Å². The van der Waals surface area contributed by atoms with Gasteiger partial charge >= 0.3 is 0 Å². The van der Waals surface area contributed by atoms with Gasteiger partial charge < -0.3 is 18.3 Å². The topological polar surface area (TPSA) is 65.2 Å². The molecule has 0 saturated heterocycles. The summed E-state index contributed by atoms with van der Waals surface area (Å²) in [6, 6.07) is 73.7. The van der Waals surface area contributed by atoms with Gasteiger partial charge in [0.05, 0.1) is 51.7 Å². The average Bonchev–Trinajstić information content (AvgIpc) is 4.23. The quantitative estimate of drug-likeness (QED) is 0.166. The van der Waals surface area contributed by atoms with Crippen molar-refractivity contribution in [1.29, 1.82) is 0 Å². The maximum atomic E-state index is 5.95. The highest BCUT2D eigenvalue weighted by Crippen LogP contribution is 2.52. The van der Waals surface area contributed by atoms with E-state index in [4.69, 9.17) is 18.8 Å². The number of para-hydroxylation sites is 4. The Morgan fingerprint density at radius 1 is 0.400 bits per heavy atom. The Balaban J connectivity index is 0.962. The van der Waals surface area contributed by atoms with Crippen LogP contribution in [0.3, 0.4) is 0 Å². The fraction of sp³-hybridized carbons (Fsp3) is 0. The number of hydrogen-bond acceptors (Lipinski definition) is 6. The zero-order valence-electron chi connectivity index (χ0n) is 37.3. The predicted octanol–water partition coefficient (Wildman–Crippen LogP) is 17.1. The van der Waals surface area contributed by atoms with E-state index in [2.05, 4.69) is 202 Å². The lowest BCUT2D eigenvalue weighted by Gasteiger charge is -2.33. The zero-order chi connectivity index (χ0) is 45.9. The molecule has 0 aliphatic carbocycles. The maximum absolute atomic E-state index is 5.95. The molecule has 1 aliphatic heterocycles. The third kappa shape index (κ3) is 5.97. The Kier molecular flexibility index (Phi) is 8.46. The van der Waals surface area contributed by atoms with E-state index in [-0.39, 0.29) is 0 Å². The van der Waals surface area contributed by atoms with Gasteiger partial charge in [0.2, 0.25) is 5.95 Å². The molecule has 6 heterocycles. The van der Waals surface area contributed by atoms with Gasteiger partial charge in [-0.1, -0.05) is 115 Å². The molecule has 0 atom stereocenters. The van der Waals surface area contributed by atoms with Gasteiger partial charge in [-0.25, -0.2) is 9.97 Å². The second-order valence-corrected chi connectivity index (χ2v) is 18.9. The van der Waals surface area contributed by atoms with E-state index >= 15 is 0 Å². The van der Waals surface area contributed by atoms with E-state index in [1.807, 2.05) is 24.4 Å². The van der Waals surface area contributed by atoms with E-state index in [9.17, 15) is 0 Å². The second-order valence-electron chi connectivity index (χ2n) is 17.8. The summed E-state index contributed by atoms with van der Waals surface area (Å²) in [7, 11) is 0. The van der Waals surface area contributed by atoms with Crippen molar-refractivity contribution in [2.24, 2.45) is 0 Å². The minimum atomic E-state index is 0.601. The summed E-state index contributed by atoms with van der Waals surface area (Å²) in [5, 5.41) is 6.68. The highest BCUT2D eigenvalue weighted by molar-refractivity contribution is 7.99. The van der Waals surface area contributed by atoms with Gasteiger partial charge in [-0.3, -0.25) is 4.57 Å². The van der Waals surface area contributed by atoms with Gasteiger partial charge in [0.15, 0.2) is 0 Å². The van der Waals surface area contributed by atoms with Crippen LogP contribution in [-0.4, -0.2) is 19.1 Å². The molecule has 0 N–H and O–H groups in total. The van der Waals surface area contributed by atoms with Crippen LogP contribution in [0.2, 0.25) is 0 Å². The van der Waals surface area contributed by atoms with Crippen molar-refractivity contribution in [1.82, 2.24) is 19.1 Å². The first-order valence-corrected chi connectivity index (χ1v) is 24.2. The molecule has 70 heavy (non-hydrogen) atoms. The first-order chi connectivity index (χ1) is 34.7. The smallest absolute Gasteiger partial charge is 0.235 e. The number of hydrogen-bond donors (Lipinski definition) is 0. The van der Waals surface area contributed by atoms with Crippen LogP contribution < -0.4 is 4.90 Å². The highest BCUT2D eigenvalue weighted by Gasteiger charge is 2.27. The largest absolute Gasteiger partial charge is 0.464 e. The van der Waals surface area contributed by atoms with E-state index in [1.54, 1.807) is 24.3 Å². The molecule has 0 fully saturated rings. The van der Waals surface area contributed by atoms with Crippen molar-refractivity contribution in [3.8, 4) is 45.1 Å². The standard InChI is InChI=1S/C62H37N5O2S/c1-2-10-45(11-3-1)65-54-16-8-9-17-58(54)70-59-37-41(20-24-55(59)65)51-26-29-63-62(64-51)67-53-15-7-5-13-48(53)50-23-22-49-47-12-4-6-14-52(47)66(60(49)61(50)67)46-34-43(39-21-25-56-42(32-39)28-31-68-56)33-44(35-46)40-19-18-38-27-30-69-57(38)36-40/h1-37H. The van der Waals surface area contributed by atoms with E-state index in [0.717, 1.165) is 116 Å². The minimum absolute atomic E-state index is 0.601. The van der Waals surface area contributed by atoms with E-state index < -0.39 is 0 Å². The fourth-order valence-corrected chi connectivity index (χ4v) is 11.8. The molecule has 0 saturated carbocycles. The Morgan fingerprint density at radius 3 is 1.89 bits per heavy atom. The van der Waals surface area contributed by atoms with Gasteiger partial charge in [-0.15, -0.1) is 0 Å². The molecule has 15 rings (SSSR count). The molecular weight excluding hydrogens is 879 g/mol.